The van der Waals surface area contributed by atoms with Crippen LogP contribution in [0.4, 0.5) is 5.69 Å². The zero-order valence-corrected chi connectivity index (χ0v) is 23.6. The molecule has 3 saturated heterocycles. The number of alkyl halides is 1. The fraction of sp³-hybridized carbons (Fsp3) is 0.667. The van der Waals surface area contributed by atoms with Crippen molar-refractivity contribution in [1.29, 1.82) is 0 Å². The van der Waals surface area contributed by atoms with Crippen molar-refractivity contribution in [3.63, 3.8) is 0 Å². The molecule has 1 spiro atoms. The van der Waals surface area contributed by atoms with Crippen molar-refractivity contribution >= 4 is 51.1 Å². The van der Waals surface area contributed by atoms with E-state index in [2.05, 4.69) is 26.6 Å². The number of anilines is 1. The molecule has 1 aromatic carbocycles. The van der Waals surface area contributed by atoms with Crippen LogP contribution in [0, 0.1) is 11.8 Å². The molecule has 1 aromatic rings. The fourth-order valence-electron chi connectivity index (χ4n) is 6.77. The highest BCUT2D eigenvalue weighted by Gasteiger charge is 2.75. The minimum absolute atomic E-state index is 0.0282. The zero-order valence-electron chi connectivity index (χ0n) is 21.2. The van der Waals surface area contributed by atoms with Gasteiger partial charge in [-0.2, -0.15) is 0 Å². The topological polar surface area (TPSA) is 108 Å². The van der Waals surface area contributed by atoms with Crippen LogP contribution in [0.15, 0.2) is 24.3 Å². The Morgan fingerprint density at radius 1 is 1.19 bits per heavy atom. The number of benzene rings is 1. The number of nitrogens with zero attached hydrogens (tertiary/aromatic N) is 1. The Labute approximate surface area is 230 Å². The van der Waals surface area contributed by atoms with E-state index in [-0.39, 0.29) is 40.4 Å². The van der Waals surface area contributed by atoms with Crippen molar-refractivity contribution < 1.29 is 24.2 Å². The first-order valence-electron chi connectivity index (χ1n) is 13.5. The number of carbonyl (C=O) groups excluding carboxylic acids is 3. The summed E-state index contributed by atoms with van der Waals surface area (Å²) in [4.78, 5) is 43.1. The lowest BCUT2D eigenvalue weighted by atomic mass is 9.70. The molecule has 2 bridgehead atoms. The number of fused-ring (bicyclic) bond motifs is 1. The summed E-state index contributed by atoms with van der Waals surface area (Å²) in [6, 6.07) is 6.72. The fourth-order valence-corrected chi connectivity index (χ4v) is 10.4. The first-order valence-corrected chi connectivity index (χ1v) is 15.3. The van der Waals surface area contributed by atoms with Gasteiger partial charge in [0.2, 0.25) is 17.7 Å². The molecule has 3 N–H and O–H groups in total. The molecule has 4 fully saturated rings. The molecule has 4 aliphatic rings. The molecule has 37 heavy (non-hydrogen) atoms. The molecule has 3 heterocycles. The summed E-state index contributed by atoms with van der Waals surface area (Å²) >= 11 is 5.44. The Kier molecular flexibility index (Phi) is 8.07. The van der Waals surface area contributed by atoms with E-state index in [1.165, 1.54) is 6.42 Å². The number of amides is 3. The summed E-state index contributed by atoms with van der Waals surface area (Å²) in [5.74, 6) is -0.833. The Hall–Kier alpha value is -1.78. The van der Waals surface area contributed by atoms with Gasteiger partial charge in [0.15, 0.2) is 0 Å². The highest BCUT2D eigenvalue weighted by Crippen LogP contribution is 2.67. The van der Waals surface area contributed by atoms with Gasteiger partial charge in [-0.15, -0.1) is 11.8 Å². The van der Waals surface area contributed by atoms with Crippen molar-refractivity contribution in [3.8, 4) is 5.75 Å². The molecule has 3 amide bonds. The molecule has 8 nitrogen and oxygen atoms in total. The number of likely N-dealkylation sites (tertiary alicyclic amines) is 1. The Balaban J connectivity index is 1.41. The molecule has 202 valence electrons. The van der Waals surface area contributed by atoms with Crippen LogP contribution in [0.1, 0.15) is 51.9 Å². The standard InChI is InChI=1S/C27H36BrN3O5S/c1-2-36-18-11-9-17(10-12-18)29-24(33)20-21-26(35)31(13-6-14-32)23(27(21)15-19(28)22(20)37-27)25(34)30-16-7-4-3-5-8-16/h9-12,16,19-23,32H,2-8,13-15H2,1H3,(H,29,33)(H,30,34)/t19?,20-,21+,22-,23?,27?/m1/s1. The van der Waals surface area contributed by atoms with E-state index in [0.29, 0.717) is 31.7 Å². The van der Waals surface area contributed by atoms with E-state index in [0.717, 1.165) is 31.4 Å². The Morgan fingerprint density at radius 2 is 1.92 bits per heavy atom. The van der Waals surface area contributed by atoms with Gasteiger partial charge in [0.05, 0.1) is 23.2 Å². The zero-order chi connectivity index (χ0) is 26.2. The van der Waals surface area contributed by atoms with E-state index in [1.807, 2.05) is 19.1 Å². The molecule has 1 saturated carbocycles. The lowest BCUT2D eigenvalue weighted by molar-refractivity contribution is -0.139. The minimum atomic E-state index is -0.662. The van der Waals surface area contributed by atoms with Crippen molar-refractivity contribution in [2.75, 3.05) is 25.1 Å². The Bertz CT molecular complexity index is 1020. The van der Waals surface area contributed by atoms with Crippen LogP contribution in [-0.2, 0) is 14.4 Å². The monoisotopic (exact) mass is 593 g/mol. The summed E-state index contributed by atoms with van der Waals surface area (Å²) in [5.41, 5.74) is 0.649. The van der Waals surface area contributed by atoms with Gasteiger partial charge in [-0.1, -0.05) is 35.2 Å². The van der Waals surface area contributed by atoms with Crippen LogP contribution in [-0.4, -0.2) is 74.4 Å². The third-order valence-corrected chi connectivity index (χ3v) is 11.5. The van der Waals surface area contributed by atoms with E-state index in [1.54, 1.807) is 28.8 Å². The Morgan fingerprint density at radius 3 is 2.59 bits per heavy atom. The molecular weight excluding hydrogens is 558 g/mol. The van der Waals surface area contributed by atoms with E-state index < -0.39 is 22.6 Å². The van der Waals surface area contributed by atoms with E-state index in [4.69, 9.17) is 4.74 Å². The van der Waals surface area contributed by atoms with Crippen molar-refractivity contribution in [1.82, 2.24) is 10.2 Å². The van der Waals surface area contributed by atoms with Crippen LogP contribution in [0.25, 0.3) is 0 Å². The maximum Gasteiger partial charge on any atom is 0.244 e. The molecule has 3 unspecified atom stereocenters. The quantitative estimate of drug-likeness (QED) is 0.379. The average Bonchev–Trinajstić information content (AvgIpc) is 3.48. The predicted molar refractivity (Wildman–Crippen MR) is 147 cm³/mol. The number of halogens is 1. The number of rotatable bonds is 9. The number of aliphatic hydroxyl groups excluding tert-OH is 1. The number of hydrogen-bond acceptors (Lipinski definition) is 6. The third kappa shape index (κ3) is 4.89. The summed E-state index contributed by atoms with van der Waals surface area (Å²) in [6.07, 6.45) is 6.37. The maximum absolute atomic E-state index is 13.9. The second kappa shape index (κ2) is 11.1. The molecular formula is C27H36BrN3O5S. The molecule has 1 aliphatic carbocycles. The lowest BCUT2D eigenvalue weighted by Crippen LogP contribution is -2.56. The predicted octanol–water partition coefficient (Wildman–Crippen LogP) is 3.32. The first kappa shape index (κ1) is 26.8. The van der Waals surface area contributed by atoms with Crippen molar-refractivity contribution in [2.24, 2.45) is 11.8 Å². The number of hydrogen-bond donors (Lipinski definition) is 3. The van der Waals surface area contributed by atoms with Crippen LogP contribution >= 0.6 is 27.7 Å². The van der Waals surface area contributed by atoms with Crippen molar-refractivity contribution in [3.05, 3.63) is 24.3 Å². The highest BCUT2D eigenvalue weighted by atomic mass is 79.9. The van der Waals surface area contributed by atoms with Gasteiger partial charge in [-0.05, 0) is 56.9 Å². The van der Waals surface area contributed by atoms with Gasteiger partial charge < -0.3 is 25.4 Å². The van der Waals surface area contributed by atoms with Gasteiger partial charge >= 0.3 is 0 Å². The van der Waals surface area contributed by atoms with Crippen molar-refractivity contribution in [2.45, 2.75) is 78.8 Å². The van der Waals surface area contributed by atoms with Crippen LogP contribution in [0.5, 0.6) is 5.75 Å². The summed E-state index contributed by atoms with van der Waals surface area (Å²) in [6.45, 7) is 2.73. The van der Waals surface area contributed by atoms with Gasteiger partial charge in [0.1, 0.15) is 11.8 Å². The van der Waals surface area contributed by atoms with Gasteiger partial charge in [0.25, 0.3) is 0 Å². The number of nitrogens with one attached hydrogen (secondary N) is 2. The van der Waals surface area contributed by atoms with E-state index >= 15 is 0 Å². The van der Waals surface area contributed by atoms with Gasteiger partial charge in [-0.3, -0.25) is 14.4 Å². The normalized spacial score (nSPS) is 32.9. The summed E-state index contributed by atoms with van der Waals surface area (Å²) < 4.78 is 4.83. The first-order chi connectivity index (χ1) is 17.9. The maximum atomic E-state index is 13.9. The molecule has 5 rings (SSSR count). The molecule has 0 aromatic heterocycles. The number of ether oxygens (including phenoxy) is 1. The second-order valence-corrected chi connectivity index (χ2v) is 13.3. The van der Waals surface area contributed by atoms with Gasteiger partial charge in [0, 0.05) is 35.0 Å². The third-order valence-electron chi connectivity index (χ3n) is 8.28. The minimum Gasteiger partial charge on any atom is -0.494 e. The highest BCUT2D eigenvalue weighted by molar-refractivity contribution is 9.09. The van der Waals surface area contributed by atoms with Gasteiger partial charge in [-0.25, -0.2) is 0 Å². The SMILES string of the molecule is CCOc1ccc(NC(=O)[C@H]2[C@@H]3SC4(CC3Br)C(C(=O)NC3CCCCC3)N(CCCO)C(=O)[C@H]24)cc1. The van der Waals surface area contributed by atoms with E-state index in [9.17, 15) is 19.5 Å². The summed E-state index contributed by atoms with van der Waals surface area (Å²) in [7, 11) is 0. The van der Waals surface area contributed by atoms with Crippen LogP contribution in [0.3, 0.4) is 0 Å². The smallest absolute Gasteiger partial charge is 0.244 e. The molecule has 6 atom stereocenters. The number of carbonyl (C=O) groups is 3. The second-order valence-electron chi connectivity index (χ2n) is 10.6. The largest absolute Gasteiger partial charge is 0.494 e. The lowest BCUT2D eigenvalue weighted by Gasteiger charge is -2.36. The van der Waals surface area contributed by atoms with Crippen LogP contribution < -0.4 is 15.4 Å². The van der Waals surface area contributed by atoms with Crippen LogP contribution in [0.2, 0.25) is 0 Å². The molecule has 10 heteroatoms. The average molecular weight is 595 g/mol. The molecule has 0 radical (unpaired) electrons. The molecule has 3 aliphatic heterocycles. The number of thioether (sulfide) groups is 1. The summed E-state index contributed by atoms with van der Waals surface area (Å²) in [5, 5.41) is 15.7. The number of aliphatic hydroxyl groups is 1.